The van der Waals surface area contributed by atoms with Crippen molar-refractivity contribution >= 4 is 15.7 Å². The normalized spacial score (nSPS) is 18.7. The van der Waals surface area contributed by atoms with Crippen molar-refractivity contribution < 1.29 is 21.6 Å². The Morgan fingerprint density at radius 1 is 0.906 bits per heavy atom. The molecule has 0 radical (unpaired) electrons. The van der Waals surface area contributed by atoms with E-state index in [4.69, 9.17) is 0 Å². The molecular weight excluding hydrogens is 437 g/mol. The van der Waals surface area contributed by atoms with Crippen molar-refractivity contribution in [3.63, 3.8) is 0 Å². The van der Waals surface area contributed by atoms with Crippen molar-refractivity contribution in [1.29, 1.82) is 0 Å². The molecule has 0 aromatic heterocycles. The van der Waals surface area contributed by atoms with E-state index in [0.717, 1.165) is 68.2 Å². The van der Waals surface area contributed by atoms with E-state index in [9.17, 15) is 21.6 Å². The summed E-state index contributed by atoms with van der Waals surface area (Å²) < 4.78 is 66.1. The van der Waals surface area contributed by atoms with Crippen LogP contribution >= 0.6 is 0 Å². The summed E-state index contributed by atoms with van der Waals surface area (Å²) in [6.45, 7) is 3.11. The first kappa shape index (κ1) is 23.1. The zero-order valence-corrected chi connectivity index (χ0v) is 18.8. The largest absolute Gasteiger partial charge is 0.416 e. The van der Waals surface area contributed by atoms with Gasteiger partial charge in [0.25, 0.3) is 10.0 Å². The molecule has 32 heavy (non-hydrogen) atoms. The van der Waals surface area contributed by atoms with Crippen molar-refractivity contribution in [2.24, 2.45) is 5.92 Å². The van der Waals surface area contributed by atoms with Gasteiger partial charge in [-0.05, 0) is 79.1 Å². The fourth-order valence-corrected chi connectivity index (χ4v) is 5.84. The molecule has 0 spiro atoms. The van der Waals surface area contributed by atoms with Crippen molar-refractivity contribution in [3.05, 3.63) is 59.2 Å². The van der Waals surface area contributed by atoms with E-state index in [1.807, 2.05) is 12.1 Å². The third-order valence-corrected chi connectivity index (χ3v) is 7.98. The third-order valence-electron chi connectivity index (χ3n) is 6.59. The zero-order chi connectivity index (χ0) is 22.8. The topological polar surface area (TPSA) is 49.4 Å². The molecule has 0 saturated heterocycles. The second-order valence-corrected chi connectivity index (χ2v) is 10.6. The van der Waals surface area contributed by atoms with Crippen molar-refractivity contribution in [1.82, 2.24) is 4.90 Å². The molecule has 0 atom stereocenters. The van der Waals surface area contributed by atoms with E-state index < -0.39 is 21.8 Å². The number of nitrogens with one attached hydrogen (secondary N) is 1. The Hall–Kier alpha value is -2.06. The highest BCUT2D eigenvalue weighted by molar-refractivity contribution is 7.92. The van der Waals surface area contributed by atoms with E-state index in [1.54, 1.807) is 6.07 Å². The Morgan fingerprint density at radius 2 is 1.56 bits per heavy atom. The SMILES string of the molecule is O=S(=O)(Nc1ccc2c(c1)CCN(CC1CCCCC1)CC2)c1ccc(C(F)(F)F)cc1. The Morgan fingerprint density at radius 3 is 2.22 bits per heavy atom. The number of nitrogens with zero attached hydrogens (tertiary/aromatic N) is 1. The molecule has 1 aliphatic carbocycles. The monoisotopic (exact) mass is 466 g/mol. The lowest BCUT2D eigenvalue weighted by Gasteiger charge is -2.28. The van der Waals surface area contributed by atoms with E-state index in [-0.39, 0.29) is 4.90 Å². The van der Waals surface area contributed by atoms with Crippen molar-refractivity contribution in [2.45, 2.75) is 56.0 Å². The fraction of sp³-hybridized carbons (Fsp3) is 0.500. The fourth-order valence-electron chi connectivity index (χ4n) is 4.79. The molecular formula is C24H29F3N2O2S. The summed E-state index contributed by atoms with van der Waals surface area (Å²) in [6.07, 6.45) is 3.96. The molecule has 0 unspecified atom stereocenters. The lowest BCUT2D eigenvalue weighted by atomic mass is 9.89. The van der Waals surface area contributed by atoms with Gasteiger partial charge in [0.15, 0.2) is 0 Å². The molecule has 8 heteroatoms. The van der Waals surface area contributed by atoms with Crippen LogP contribution in [0.15, 0.2) is 47.4 Å². The number of anilines is 1. The zero-order valence-electron chi connectivity index (χ0n) is 18.0. The van der Waals surface area contributed by atoms with E-state index in [0.29, 0.717) is 5.69 Å². The van der Waals surface area contributed by atoms with Gasteiger partial charge in [0.1, 0.15) is 0 Å². The average molecular weight is 467 g/mol. The van der Waals surface area contributed by atoms with Crippen LogP contribution in [0.2, 0.25) is 0 Å². The summed E-state index contributed by atoms with van der Waals surface area (Å²) in [5, 5.41) is 0. The highest BCUT2D eigenvalue weighted by Gasteiger charge is 2.30. The quantitative estimate of drug-likeness (QED) is 0.634. The van der Waals surface area contributed by atoms with Crippen LogP contribution in [0.1, 0.15) is 48.8 Å². The van der Waals surface area contributed by atoms with Gasteiger partial charge in [0.2, 0.25) is 0 Å². The van der Waals surface area contributed by atoms with Crippen LogP contribution in [-0.2, 0) is 29.0 Å². The van der Waals surface area contributed by atoms with Crippen LogP contribution in [-0.4, -0.2) is 33.0 Å². The van der Waals surface area contributed by atoms with Crippen LogP contribution in [0.4, 0.5) is 18.9 Å². The molecule has 4 rings (SSSR count). The van der Waals surface area contributed by atoms with Crippen LogP contribution in [0.5, 0.6) is 0 Å². The average Bonchev–Trinajstić information content (AvgIpc) is 2.96. The van der Waals surface area contributed by atoms with Gasteiger partial charge in [-0.3, -0.25) is 4.72 Å². The summed E-state index contributed by atoms with van der Waals surface area (Å²) in [7, 11) is -3.97. The Bertz CT molecular complexity index is 1030. The van der Waals surface area contributed by atoms with Gasteiger partial charge in [-0.2, -0.15) is 13.2 Å². The number of alkyl halides is 3. The van der Waals surface area contributed by atoms with Gasteiger partial charge in [0, 0.05) is 25.3 Å². The number of hydrogen-bond acceptors (Lipinski definition) is 3. The van der Waals surface area contributed by atoms with Gasteiger partial charge in [-0.15, -0.1) is 0 Å². The van der Waals surface area contributed by atoms with Gasteiger partial charge >= 0.3 is 6.18 Å². The smallest absolute Gasteiger partial charge is 0.302 e. The summed E-state index contributed by atoms with van der Waals surface area (Å²) in [5.74, 6) is 0.788. The molecule has 1 N–H and O–H groups in total. The predicted molar refractivity (Wildman–Crippen MR) is 119 cm³/mol. The molecule has 2 aliphatic rings. The first-order valence-electron chi connectivity index (χ1n) is 11.2. The van der Waals surface area contributed by atoms with Crippen molar-refractivity contribution in [3.8, 4) is 0 Å². The summed E-state index contributed by atoms with van der Waals surface area (Å²) in [4.78, 5) is 2.33. The summed E-state index contributed by atoms with van der Waals surface area (Å²) in [5.41, 5.74) is 1.92. The predicted octanol–water partition coefficient (Wildman–Crippen LogP) is 5.49. The van der Waals surface area contributed by atoms with E-state index >= 15 is 0 Å². The van der Waals surface area contributed by atoms with Gasteiger partial charge < -0.3 is 4.90 Å². The Balaban J connectivity index is 1.42. The molecule has 2 aromatic carbocycles. The Kier molecular flexibility index (Phi) is 6.81. The number of benzene rings is 2. The second-order valence-electron chi connectivity index (χ2n) is 8.92. The Labute approximate surface area is 187 Å². The highest BCUT2D eigenvalue weighted by Crippen LogP contribution is 2.30. The molecule has 0 bridgehead atoms. The molecule has 0 amide bonds. The highest BCUT2D eigenvalue weighted by atomic mass is 32.2. The molecule has 2 aromatic rings. The number of sulfonamides is 1. The third kappa shape index (κ3) is 5.64. The molecule has 1 saturated carbocycles. The van der Waals surface area contributed by atoms with Crippen LogP contribution in [0.25, 0.3) is 0 Å². The van der Waals surface area contributed by atoms with Crippen LogP contribution in [0.3, 0.4) is 0 Å². The molecule has 1 fully saturated rings. The molecule has 1 heterocycles. The maximum atomic E-state index is 12.7. The molecule has 1 aliphatic heterocycles. The number of hydrogen-bond donors (Lipinski definition) is 1. The van der Waals surface area contributed by atoms with Crippen LogP contribution in [0, 0.1) is 5.92 Å². The maximum absolute atomic E-state index is 12.7. The first-order valence-corrected chi connectivity index (χ1v) is 12.7. The van der Waals surface area contributed by atoms with E-state index in [1.165, 1.54) is 37.7 Å². The minimum atomic E-state index is -4.50. The van der Waals surface area contributed by atoms with Crippen molar-refractivity contribution in [2.75, 3.05) is 24.4 Å². The number of halogens is 3. The minimum absolute atomic E-state index is 0.195. The minimum Gasteiger partial charge on any atom is -0.302 e. The van der Waals surface area contributed by atoms with Gasteiger partial charge in [0.05, 0.1) is 10.5 Å². The first-order chi connectivity index (χ1) is 15.2. The number of rotatable bonds is 5. The van der Waals surface area contributed by atoms with Crippen LogP contribution < -0.4 is 4.72 Å². The lowest BCUT2D eigenvalue weighted by Crippen LogP contribution is -2.32. The second kappa shape index (κ2) is 9.43. The summed E-state index contributed by atoms with van der Waals surface area (Å²) in [6, 6.07) is 9.09. The van der Waals surface area contributed by atoms with E-state index in [2.05, 4.69) is 9.62 Å². The maximum Gasteiger partial charge on any atom is 0.416 e. The van der Waals surface area contributed by atoms with Gasteiger partial charge in [-0.25, -0.2) is 8.42 Å². The van der Waals surface area contributed by atoms with Gasteiger partial charge in [-0.1, -0.05) is 25.3 Å². The molecule has 4 nitrogen and oxygen atoms in total. The standard InChI is InChI=1S/C24H29F3N2O2S/c25-24(26,27)21-7-10-23(11-8-21)32(30,31)28-22-9-6-19-12-14-29(15-13-20(19)16-22)17-18-4-2-1-3-5-18/h6-11,16,18,28H,1-5,12-15,17H2. The molecule has 174 valence electrons. The lowest BCUT2D eigenvalue weighted by molar-refractivity contribution is -0.137. The number of fused-ring (bicyclic) bond motifs is 1. The summed E-state index contributed by atoms with van der Waals surface area (Å²) >= 11 is 0.